The minimum absolute atomic E-state index is 0.0143. The third-order valence-corrected chi connectivity index (χ3v) is 12.2. The first-order chi connectivity index (χ1) is 18.0. The van der Waals surface area contributed by atoms with Crippen molar-refractivity contribution in [2.24, 2.45) is 0 Å². The van der Waals surface area contributed by atoms with Gasteiger partial charge in [0.05, 0.1) is 17.8 Å². The number of nitrogens with one attached hydrogen (secondary N) is 1. The Bertz CT molecular complexity index is 1040. The van der Waals surface area contributed by atoms with Gasteiger partial charge in [-0.05, 0) is 55.4 Å². The number of ether oxygens (including phenoxy) is 2. The molecule has 0 radical (unpaired) electrons. The second-order valence-corrected chi connectivity index (χ2v) is 16.6. The number of allylic oxidation sites excluding steroid dienone is 3. The number of hydrogen-bond acceptors (Lipinski definition) is 5. The van der Waals surface area contributed by atoms with Crippen LogP contribution < -0.4 is 5.32 Å². The molecule has 2 aliphatic rings. The van der Waals surface area contributed by atoms with Gasteiger partial charge >= 0.3 is 5.97 Å². The lowest BCUT2D eigenvalue weighted by molar-refractivity contribution is -0.115. The molecular formula is C31H45NO5Si. The van der Waals surface area contributed by atoms with E-state index in [0.717, 1.165) is 24.8 Å². The van der Waals surface area contributed by atoms with Crippen LogP contribution in [0.5, 0.6) is 0 Å². The molecule has 7 heteroatoms. The summed E-state index contributed by atoms with van der Waals surface area (Å²) in [4.78, 5) is 25.1. The lowest BCUT2D eigenvalue weighted by atomic mass is 9.91. The Morgan fingerprint density at radius 1 is 1.11 bits per heavy atom. The van der Waals surface area contributed by atoms with Gasteiger partial charge in [-0.2, -0.15) is 0 Å². The molecule has 38 heavy (non-hydrogen) atoms. The van der Waals surface area contributed by atoms with E-state index in [4.69, 9.17) is 13.9 Å². The predicted molar refractivity (Wildman–Crippen MR) is 154 cm³/mol. The third kappa shape index (κ3) is 8.78. The SMILES string of the molecule is CC/C=C\C=C/C(=O)N/C=C/C[C@H]1C[C@H]2C[C@H](O[Si](C)(C)C(C)(C)C)C[C@H](Cc3ccccc3C(=O)O1)O2. The maximum absolute atomic E-state index is 13.1. The van der Waals surface area contributed by atoms with Crippen molar-refractivity contribution in [1.82, 2.24) is 5.32 Å². The third-order valence-electron chi connectivity index (χ3n) is 7.66. The number of benzene rings is 1. The molecule has 6 nitrogen and oxygen atoms in total. The van der Waals surface area contributed by atoms with Gasteiger partial charge in [-0.25, -0.2) is 4.79 Å². The zero-order valence-corrected chi connectivity index (χ0v) is 24.9. The lowest BCUT2D eigenvalue weighted by Gasteiger charge is -2.44. The van der Waals surface area contributed by atoms with Gasteiger partial charge in [0.15, 0.2) is 8.32 Å². The van der Waals surface area contributed by atoms with E-state index >= 15 is 0 Å². The number of rotatable bonds is 8. The van der Waals surface area contributed by atoms with Crippen molar-refractivity contribution >= 4 is 20.2 Å². The molecule has 208 valence electrons. The van der Waals surface area contributed by atoms with Crippen molar-refractivity contribution in [3.63, 3.8) is 0 Å². The lowest BCUT2D eigenvalue weighted by Crippen LogP contribution is -2.48. The highest BCUT2D eigenvalue weighted by Gasteiger charge is 2.42. The zero-order valence-electron chi connectivity index (χ0n) is 23.9. The molecular weight excluding hydrogens is 494 g/mol. The minimum Gasteiger partial charge on any atom is -0.458 e. The van der Waals surface area contributed by atoms with E-state index in [1.54, 1.807) is 12.3 Å². The van der Waals surface area contributed by atoms with Crippen LogP contribution in [-0.4, -0.2) is 44.6 Å². The smallest absolute Gasteiger partial charge is 0.338 e. The van der Waals surface area contributed by atoms with E-state index < -0.39 is 8.32 Å². The summed E-state index contributed by atoms with van der Waals surface area (Å²) in [6.45, 7) is 13.4. The van der Waals surface area contributed by atoms with Gasteiger partial charge < -0.3 is 19.2 Å². The number of carbonyl (C=O) groups is 2. The number of fused-ring (bicyclic) bond motifs is 3. The molecule has 2 aliphatic heterocycles. The monoisotopic (exact) mass is 539 g/mol. The van der Waals surface area contributed by atoms with Crippen LogP contribution in [0.15, 0.2) is 60.8 Å². The van der Waals surface area contributed by atoms with Crippen LogP contribution in [0.25, 0.3) is 0 Å². The Labute approximate surface area is 229 Å². The van der Waals surface area contributed by atoms with Crippen molar-refractivity contribution in [3.05, 3.63) is 72.0 Å². The number of amides is 1. The largest absolute Gasteiger partial charge is 0.458 e. The topological polar surface area (TPSA) is 73.9 Å². The first-order valence-electron chi connectivity index (χ1n) is 13.9. The highest BCUT2D eigenvalue weighted by Crippen LogP contribution is 2.40. The Balaban J connectivity index is 1.75. The maximum Gasteiger partial charge on any atom is 0.338 e. The molecule has 4 atom stereocenters. The molecule has 2 bridgehead atoms. The van der Waals surface area contributed by atoms with Crippen molar-refractivity contribution in [2.45, 2.75) is 109 Å². The average molecular weight is 540 g/mol. The van der Waals surface area contributed by atoms with E-state index in [2.05, 4.69) is 39.2 Å². The summed E-state index contributed by atoms with van der Waals surface area (Å²) in [5.41, 5.74) is 1.54. The molecule has 0 aromatic heterocycles. The van der Waals surface area contributed by atoms with Gasteiger partial charge in [0, 0.05) is 31.2 Å². The van der Waals surface area contributed by atoms with Crippen molar-refractivity contribution in [3.8, 4) is 0 Å². The molecule has 1 amide bonds. The number of hydrogen-bond donors (Lipinski definition) is 1. The molecule has 0 aliphatic carbocycles. The summed E-state index contributed by atoms with van der Waals surface area (Å²) in [6.07, 6.45) is 14.4. The zero-order chi connectivity index (χ0) is 27.8. The molecule has 0 spiro atoms. The molecule has 1 aromatic rings. The fraction of sp³-hybridized carbons (Fsp3) is 0.548. The molecule has 0 unspecified atom stereocenters. The number of carbonyl (C=O) groups excluding carboxylic acids is 2. The van der Waals surface area contributed by atoms with Crippen LogP contribution in [-0.2, 0) is 25.1 Å². The van der Waals surface area contributed by atoms with Crippen molar-refractivity contribution in [2.75, 3.05) is 0 Å². The fourth-order valence-corrected chi connectivity index (χ4v) is 6.03. The average Bonchev–Trinajstić information content (AvgIpc) is 2.83. The van der Waals surface area contributed by atoms with Gasteiger partial charge in [0.25, 0.3) is 0 Å². The highest BCUT2D eigenvalue weighted by atomic mass is 28.4. The fourth-order valence-electron chi connectivity index (χ4n) is 4.65. The van der Waals surface area contributed by atoms with E-state index in [0.29, 0.717) is 24.8 Å². The molecule has 1 saturated heterocycles. The molecule has 0 saturated carbocycles. The minimum atomic E-state index is -1.94. The van der Waals surface area contributed by atoms with Crippen LogP contribution >= 0.6 is 0 Å². The van der Waals surface area contributed by atoms with E-state index in [1.807, 2.05) is 49.4 Å². The van der Waals surface area contributed by atoms with E-state index in [9.17, 15) is 9.59 Å². The first kappa shape index (κ1) is 30.1. The Kier molecular flexibility index (Phi) is 10.7. The second-order valence-electron chi connectivity index (χ2n) is 11.8. The number of cyclic esters (lactones) is 1. The van der Waals surface area contributed by atoms with Crippen LogP contribution in [0.4, 0.5) is 0 Å². The highest BCUT2D eigenvalue weighted by molar-refractivity contribution is 6.74. The second kappa shape index (κ2) is 13.5. The standard InChI is InChI=1S/C31H45NO5Si/c1-7-8-9-10-17-29(33)32-18-13-15-24-20-26-22-27(37-38(5,6)31(2,3)4)21-25(35-26)19-23-14-11-12-16-28(23)30(34)36-24/h8-14,16-18,24-27H,7,15,19-22H2,1-6H3,(H,32,33)/b9-8-,17-10-,18-13+/t24-,25-,26-,27+/m0/s1. The molecule has 3 rings (SSSR count). The van der Waals surface area contributed by atoms with Crippen molar-refractivity contribution < 1.29 is 23.5 Å². The summed E-state index contributed by atoms with van der Waals surface area (Å²) in [6, 6.07) is 7.64. The van der Waals surface area contributed by atoms with E-state index in [1.165, 1.54) is 6.08 Å². The van der Waals surface area contributed by atoms with Crippen LogP contribution in [0.1, 0.15) is 75.7 Å². The Morgan fingerprint density at radius 3 is 2.58 bits per heavy atom. The van der Waals surface area contributed by atoms with Crippen molar-refractivity contribution in [1.29, 1.82) is 0 Å². The van der Waals surface area contributed by atoms with Gasteiger partial charge in [0.2, 0.25) is 5.91 Å². The normalized spacial score (nSPS) is 24.9. The molecule has 2 heterocycles. The Morgan fingerprint density at radius 2 is 1.84 bits per heavy atom. The van der Waals surface area contributed by atoms with Gasteiger partial charge in [-0.1, -0.05) is 70.2 Å². The molecule has 1 N–H and O–H groups in total. The van der Waals surface area contributed by atoms with Gasteiger partial charge in [-0.3, -0.25) is 4.79 Å². The maximum atomic E-state index is 13.1. The molecule has 1 fully saturated rings. The summed E-state index contributed by atoms with van der Waals surface area (Å²) in [5.74, 6) is -0.509. The van der Waals surface area contributed by atoms with Crippen LogP contribution in [0.3, 0.4) is 0 Å². The summed E-state index contributed by atoms with van der Waals surface area (Å²) >= 11 is 0. The first-order valence-corrected chi connectivity index (χ1v) is 16.8. The summed E-state index contributed by atoms with van der Waals surface area (Å²) in [7, 11) is -1.94. The predicted octanol–water partition coefficient (Wildman–Crippen LogP) is 6.64. The quantitative estimate of drug-likeness (QED) is 0.174. The van der Waals surface area contributed by atoms with E-state index in [-0.39, 0.29) is 41.3 Å². The summed E-state index contributed by atoms with van der Waals surface area (Å²) < 4.78 is 19.4. The molecule has 1 aromatic carbocycles. The van der Waals surface area contributed by atoms with Crippen LogP contribution in [0.2, 0.25) is 18.1 Å². The Hall–Kier alpha value is -2.48. The summed E-state index contributed by atoms with van der Waals surface area (Å²) in [5, 5.41) is 2.87. The van der Waals surface area contributed by atoms with Crippen LogP contribution in [0, 0.1) is 0 Å². The van der Waals surface area contributed by atoms with Gasteiger partial charge in [-0.15, -0.1) is 0 Å². The number of esters is 1. The van der Waals surface area contributed by atoms with Gasteiger partial charge in [0.1, 0.15) is 6.10 Å².